The lowest BCUT2D eigenvalue weighted by Gasteiger charge is -2.30. The summed E-state index contributed by atoms with van der Waals surface area (Å²) >= 11 is 5.81. The normalized spacial score (nSPS) is 18.7. The highest BCUT2D eigenvalue weighted by atomic mass is 35.5. The maximum absolute atomic E-state index is 12.0. The summed E-state index contributed by atoms with van der Waals surface area (Å²) in [6.45, 7) is 3.40. The largest absolute Gasteiger partial charge is 0.452 e. The third-order valence-corrected chi connectivity index (χ3v) is 3.63. The lowest BCUT2D eigenvalue weighted by atomic mass is 10.0. The molecule has 1 heterocycles. The molecule has 1 saturated heterocycles. The van der Waals surface area contributed by atoms with Gasteiger partial charge in [0.15, 0.2) is 6.61 Å². The molecule has 1 aromatic carbocycles. The zero-order chi connectivity index (χ0) is 14.5. The number of hydrogen-bond acceptors (Lipinski definition) is 3. The van der Waals surface area contributed by atoms with Gasteiger partial charge in [-0.15, -0.1) is 0 Å². The van der Waals surface area contributed by atoms with Gasteiger partial charge in [-0.2, -0.15) is 0 Å². The van der Waals surface area contributed by atoms with Crippen molar-refractivity contribution < 1.29 is 14.3 Å². The lowest BCUT2D eigenvalue weighted by molar-refractivity contribution is -0.136. The van der Waals surface area contributed by atoms with E-state index < -0.39 is 5.97 Å². The van der Waals surface area contributed by atoms with Crippen molar-refractivity contribution in [3.05, 3.63) is 34.9 Å². The Labute approximate surface area is 123 Å². The van der Waals surface area contributed by atoms with Crippen molar-refractivity contribution >= 4 is 23.5 Å². The summed E-state index contributed by atoms with van der Waals surface area (Å²) in [4.78, 5) is 25.5. The molecule has 2 rings (SSSR count). The highest BCUT2D eigenvalue weighted by Gasteiger charge is 2.22. The standard InChI is InChI=1S/C15H18ClNO3/c1-11-4-3-7-17(9-11)14(18)10-20-15(19)12-5-2-6-13(16)8-12/h2,5-6,8,11H,3-4,7,9-10H2,1H3/t11-/m0/s1. The third kappa shape index (κ3) is 3.97. The molecule has 0 saturated carbocycles. The minimum Gasteiger partial charge on any atom is -0.452 e. The first-order valence-electron chi connectivity index (χ1n) is 6.76. The number of halogens is 1. The summed E-state index contributed by atoms with van der Waals surface area (Å²) in [7, 11) is 0. The van der Waals surface area contributed by atoms with Gasteiger partial charge in [0.1, 0.15) is 0 Å². The fourth-order valence-corrected chi connectivity index (χ4v) is 2.52. The molecule has 108 valence electrons. The van der Waals surface area contributed by atoms with E-state index >= 15 is 0 Å². The number of carbonyl (C=O) groups is 2. The molecule has 1 aromatic rings. The molecule has 1 amide bonds. The Morgan fingerprint density at radius 2 is 2.25 bits per heavy atom. The highest BCUT2D eigenvalue weighted by Crippen LogP contribution is 2.16. The molecule has 0 bridgehead atoms. The van der Waals surface area contributed by atoms with Crippen molar-refractivity contribution in [2.45, 2.75) is 19.8 Å². The number of piperidine rings is 1. The van der Waals surface area contributed by atoms with E-state index in [0.717, 1.165) is 25.9 Å². The molecule has 4 nitrogen and oxygen atoms in total. The van der Waals surface area contributed by atoms with Crippen LogP contribution in [0.25, 0.3) is 0 Å². The number of esters is 1. The number of ether oxygens (including phenoxy) is 1. The number of amides is 1. The second-order valence-electron chi connectivity index (χ2n) is 5.17. The number of likely N-dealkylation sites (tertiary alicyclic amines) is 1. The molecule has 0 unspecified atom stereocenters. The van der Waals surface area contributed by atoms with Crippen LogP contribution in [0.3, 0.4) is 0 Å². The van der Waals surface area contributed by atoms with Crippen molar-refractivity contribution in [3.63, 3.8) is 0 Å². The van der Waals surface area contributed by atoms with Crippen molar-refractivity contribution in [1.29, 1.82) is 0 Å². The van der Waals surface area contributed by atoms with Crippen LogP contribution in [0.5, 0.6) is 0 Å². The van der Waals surface area contributed by atoms with E-state index in [1.807, 2.05) is 0 Å². The number of carbonyl (C=O) groups excluding carboxylic acids is 2. The molecule has 5 heteroatoms. The van der Waals surface area contributed by atoms with Gasteiger partial charge in [-0.1, -0.05) is 24.6 Å². The molecule has 1 aliphatic rings. The van der Waals surface area contributed by atoms with Crippen LogP contribution < -0.4 is 0 Å². The van der Waals surface area contributed by atoms with Gasteiger partial charge in [0, 0.05) is 18.1 Å². The Bertz CT molecular complexity index is 504. The fourth-order valence-electron chi connectivity index (χ4n) is 2.33. The third-order valence-electron chi connectivity index (χ3n) is 3.40. The number of benzene rings is 1. The van der Waals surface area contributed by atoms with Crippen molar-refractivity contribution in [3.8, 4) is 0 Å². The van der Waals surface area contributed by atoms with Gasteiger partial charge in [-0.25, -0.2) is 4.79 Å². The molecular formula is C15H18ClNO3. The van der Waals surface area contributed by atoms with E-state index in [0.29, 0.717) is 16.5 Å². The summed E-state index contributed by atoms with van der Waals surface area (Å²) in [5.41, 5.74) is 0.359. The van der Waals surface area contributed by atoms with Crippen LogP contribution in [-0.4, -0.2) is 36.5 Å². The second-order valence-corrected chi connectivity index (χ2v) is 5.61. The molecule has 0 aliphatic carbocycles. The Kier molecular flexibility index (Phi) is 5.01. The lowest BCUT2D eigenvalue weighted by Crippen LogP contribution is -2.41. The topological polar surface area (TPSA) is 46.6 Å². The summed E-state index contributed by atoms with van der Waals surface area (Å²) in [6, 6.07) is 6.49. The molecule has 1 fully saturated rings. The first-order valence-corrected chi connectivity index (χ1v) is 7.14. The van der Waals surface area contributed by atoms with Gasteiger partial charge in [0.2, 0.25) is 0 Å². The quantitative estimate of drug-likeness (QED) is 0.806. The average Bonchev–Trinajstić information content (AvgIpc) is 2.44. The Balaban J connectivity index is 1.85. The van der Waals surface area contributed by atoms with Crippen molar-refractivity contribution in [2.24, 2.45) is 5.92 Å². The van der Waals surface area contributed by atoms with Crippen LogP contribution in [0.4, 0.5) is 0 Å². The van der Waals surface area contributed by atoms with E-state index in [-0.39, 0.29) is 12.5 Å². The van der Waals surface area contributed by atoms with Gasteiger partial charge in [0.05, 0.1) is 5.56 Å². The van der Waals surface area contributed by atoms with Gasteiger partial charge < -0.3 is 9.64 Å². The fraction of sp³-hybridized carbons (Fsp3) is 0.467. The van der Waals surface area contributed by atoms with Gasteiger partial charge >= 0.3 is 5.97 Å². The van der Waals surface area contributed by atoms with Crippen LogP contribution in [0, 0.1) is 5.92 Å². The maximum atomic E-state index is 12.0. The van der Waals surface area contributed by atoms with E-state index in [4.69, 9.17) is 16.3 Å². The number of nitrogens with zero attached hydrogens (tertiary/aromatic N) is 1. The molecule has 0 radical (unpaired) electrons. The van der Waals surface area contributed by atoms with E-state index in [2.05, 4.69) is 6.92 Å². The van der Waals surface area contributed by atoms with Crippen LogP contribution in [0.15, 0.2) is 24.3 Å². The Morgan fingerprint density at radius 3 is 2.95 bits per heavy atom. The van der Waals surface area contributed by atoms with E-state index in [1.54, 1.807) is 23.1 Å². The molecule has 1 aliphatic heterocycles. The summed E-state index contributed by atoms with van der Waals surface area (Å²) < 4.78 is 5.04. The molecule has 0 aromatic heterocycles. The average molecular weight is 296 g/mol. The van der Waals surface area contributed by atoms with Crippen molar-refractivity contribution in [2.75, 3.05) is 19.7 Å². The monoisotopic (exact) mass is 295 g/mol. The summed E-state index contributed by atoms with van der Waals surface area (Å²) in [5, 5.41) is 0.468. The zero-order valence-corrected chi connectivity index (χ0v) is 12.2. The summed E-state index contributed by atoms with van der Waals surface area (Å²) in [5.74, 6) is -0.144. The first-order chi connectivity index (χ1) is 9.56. The molecule has 1 atom stereocenters. The van der Waals surface area contributed by atoms with Crippen LogP contribution in [0.2, 0.25) is 5.02 Å². The molecular weight excluding hydrogens is 278 g/mol. The van der Waals surface area contributed by atoms with Crippen LogP contribution >= 0.6 is 11.6 Å². The SMILES string of the molecule is C[C@H]1CCCN(C(=O)COC(=O)c2cccc(Cl)c2)C1. The summed E-state index contributed by atoms with van der Waals surface area (Å²) in [6.07, 6.45) is 2.15. The Hall–Kier alpha value is -1.55. The molecule has 0 N–H and O–H groups in total. The molecule has 20 heavy (non-hydrogen) atoms. The van der Waals surface area contributed by atoms with E-state index in [1.165, 1.54) is 6.07 Å². The van der Waals surface area contributed by atoms with Crippen LogP contribution in [-0.2, 0) is 9.53 Å². The first kappa shape index (κ1) is 14.9. The molecule has 0 spiro atoms. The van der Waals surface area contributed by atoms with Gasteiger partial charge in [0.25, 0.3) is 5.91 Å². The highest BCUT2D eigenvalue weighted by molar-refractivity contribution is 6.30. The number of hydrogen-bond donors (Lipinski definition) is 0. The smallest absolute Gasteiger partial charge is 0.338 e. The van der Waals surface area contributed by atoms with Gasteiger partial charge in [-0.3, -0.25) is 4.79 Å². The maximum Gasteiger partial charge on any atom is 0.338 e. The second kappa shape index (κ2) is 6.75. The van der Waals surface area contributed by atoms with Gasteiger partial charge in [-0.05, 0) is 37.0 Å². The van der Waals surface area contributed by atoms with Crippen LogP contribution in [0.1, 0.15) is 30.1 Å². The predicted octanol–water partition coefficient (Wildman–Crippen LogP) is 2.76. The minimum atomic E-state index is -0.522. The predicted molar refractivity (Wildman–Crippen MR) is 76.7 cm³/mol. The van der Waals surface area contributed by atoms with Crippen molar-refractivity contribution in [1.82, 2.24) is 4.90 Å². The number of rotatable bonds is 3. The zero-order valence-electron chi connectivity index (χ0n) is 11.5. The van der Waals surface area contributed by atoms with E-state index in [9.17, 15) is 9.59 Å². The minimum absolute atomic E-state index is 0.132. The Morgan fingerprint density at radius 1 is 1.45 bits per heavy atom.